The molecule has 0 amide bonds. The fourth-order valence-electron chi connectivity index (χ4n) is 2.20. The van der Waals surface area contributed by atoms with E-state index in [1.165, 1.54) is 7.11 Å². The van der Waals surface area contributed by atoms with Gasteiger partial charge in [-0.1, -0.05) is 18.2 Å². The average molecular weight is 339 g/mol. The van der Waals surface area contributed by atoms with Gasteiger partial charge in [0.25, 0.3) is 0 Å². The van der Waals surface area contributed by atoms with Gasteiger partial charge in [-0.15, -0.1) is 0 Å². The van der Waals surface area contributed by atoms with Crippen molar-refractivity contribution in [3.63, 3.8) is 0 Å². The van der Waals surface area contributed by atoms with Crippen molar-refractivity contribution in [3.8, 4) is 28.7 Å². The van der Waals surface area contributed by atoms with Gasteiger partial charge in [-0.25, -0.2) is 0 Å². The zero-order chi connectivity index (χ0) is 16.8. The van der Waals surface area contributed by atoms with E-state index in [2.05, 4.69) is 0 Å². The minimum Gasteiger partial charge on any atom is -0.504 e. The van der Waals surface area contributed by atoms with E-state index in [1.807, 2.05) is 30.4 Å². The summed E-state index contributed by atoms with van der Waals surface area (Å²) in [6.07, 6.45) is 3.77. The van der Waals surface area contributed by atoms with Crippen molar-refractivity contribution in [3.05, 3.63) is 41.5 Å². The van der Waals surface area contributed by atoms with Crippen LogP contribution in [0.3, 0.4) is 0 Å². The van der Waals surface area contributed by atoms with Crippen molar-refractivity contribution >= 4 is 12.2 Å². The molecule has 6 heteroatoms. The maximum Gasteiger partial charge on any atom is 1.00 e. The number of benzene rings is 2. The van der Waals surface area contributed by atoms with E-state index < -0.39 is 0 Å². The molecule has 0 aromatic heterocycles. The predicted octanol–water partition coefficient (Wildman–Crippen LogP) is 0.601. The standard InChI is InChI=1S/C18H20O5.Na/c1-20-15-8-7-12(9-14(15)19)5-6-13-10-16(21-2)18(23-4)17(11-13)22-3;/h5-11,19H,1-4H3;/q;+1/b6-5-;. The van der Waals surface area contributed by atoms with E-state index in [9.17, 15) is 5.11 Å². The molecule has 0 atom stereocenters. The second kappa shape index (κ2) is 9.47. The topological polar surface area (TPSA) is 57.2 Å². The maximum absolute atomic E-state index is 9.81. The van der Waals surface area contributed by atoms with Crippen molar-refractivity contribution < 1.29 is 53.6 Å². The summed E-state index contributed by atoms with van der Waals surface area (Å²) >= 11 is 0. The van der Waals surface area contributed by atoms with Gasteiger partial charge in [0.2, 0.25) is 5.75 Å². The Morgan fingerprint density at radius 1 is 0.708 bits per heavy atom. The molecule has 0 spiro atoms. The second-order valence-electron chi connectivity index (χ2n) is 4.72. The van der Waals surface area contributed by atoms with Crippen LogP contribution in [0.1, 0.15) is 11.1 Å². The number of phenols is 1. The summed E-state index contributed by atoms with van der Waals surface area (Å²) in [5.41, 5.74) is 1.73. The van der Waals surface area contributed by atoms with Gasteiger partial charge in [-0.2, -0.15) is 0 Å². The van der Waals surface area contributed by atoms with Crippen molar-refractivity contribution in [1.82, 2.24) is 0 Å². The number of phenolic OH excluding ortho intramolecular Hbond substituents is 1. The Morgan fingerprint density at radius 2 is 1.25 bits per heavy atom. The van der Waals surface area contributed by atoms with Gasteiger partial charge in [0.15, 0.2) is 23.0 Å². The minimum absolute atomic E-state index is 0. The Morgan fingerprint density at radius 3 is 1.71 bits per heavy atom. The third-order valence-corrected chi connectivity index (χ3v) is 3.36. The van der Waals surface area contributed by atoms with Gasteiger partial charge >= 0.3 is 29.6 Å². The first kappa shape index (κ1) is 20.2. The van der Waals surface area contributed by atoms with Crippen LogP contribution < -0.4 is 48.5 Å². The molecule has 0 aliphatic heterocycles. The van der Waals surface area contributed by atoms with Crippen LogP contribution >= 0.6 is 0 Å². The molecule has 5 nitrogen and oxygen atoms in total. The first-order valence-electron chi connectivity index (χ1n) is 6.98. The summed E-state index contributed by atoms with van der Waals surface area (Å²) < 4.78 is 21.0. The Kier molecular flexibility index (Phi) is 7.98. The van der Waals surface area contributed by atoms with Gasteiger partial charge < -0.3 is 24.1 Å². The number of methoxy groups -OCH3 is 4. The number of aromatic hydroxyl groups is 1. The molecule has 0 aliphatic rings. The normalized spacial score (nSPS) is 10.2. The van der Waals surface area contributed by atoms with Crippen molar-refractivity contribution in [1.29, 1.82) is 0 Å². The van der Waals surface area contributed by atoms with Crippen LogP contribution in [0.15, 0.2) is 30.3 Å². The van der Waals surface area contributed by atoms with Crippen LogP contribution in [0, 0.1) is 0 Å². The zero-order valence-corrected chi connectivity index (χ0v) is 16.6. The molecule has 0 radical (unpaired) electrons. The van der Waals surface area contributed by atoms with Crippen LogP contribution in [0.4, 0.5) is 0 Å². The Hall–Kier alpha value is -1.82. The number of hydrogen-bond donors (Lipinski definition) is 1. The van der Waals surface area contributed by atoms with E-state index in [-0.39, 0.29) is 35.3 Å². The molecule has 122 valence electrons. The van der Waals surface area contributed by atoms with Gasteiger partial charge in [0, 0.05) is 0 Å². The number of hydrogen-bond acceptors (Lipinski definition) is 5. The molecule has 1 N–H and O–H groups in total. The fourth-order valence-corrected chi connectivity index (χ4v) is 2.20. The van der Waals surface area contributed by atoms with Crippen molar-refractivity contribution in [2.24, 2.45) is 0 Å². The molecule has 0 bridgehead atoms. The molecule has 0 saturated heterocycles. The first-order valence-corrected chi connectivity index (χ1v) is 6.98. The summed E-state index contributed by atoms with van der Waals surface area (Å²) in [4.78, 5) is 0. The van der Waals surface area contributed by atoms with Gasteiger partial charge in [-0.05, 0) is 35.4 Å². The van der Waals surface area contributed by atoms with E-state index in [4.69, 9.17) is 18.9 Å². The SMILES string of the molecule is COc1ccc(/C=C\c2cc(OC)c(OC)c(OC)c2)cc1O.[Na+]. The van der Waals surface area contributed by atoms with E-state index >= 15 is 0 Å². The summed E-state index contributed by atoms with van der Waals surface area (Å²) in [6, 6.07) is 8.90. The van der Waals surface area contributed by atoms with E-state index in [0.717, 1.165) is 11.1 Å². The monoisotopic (exact) mass is 339 g/mol. The number of rotatable bonds is 6. The van der Waals surface area contributed by atoms with Crippen LogP contribution in [0.5, 0.6) is 28.7 Å². The Bertz CT molecular complexity index is 688. The van der Waals surface area contributed by atoms with Crippen LogP contribution in [-0.2, 0) is 0 Å². The van der Waals surface area contributed by atoms with Gasteiger partial charge in [0.1, 0.15) is 0 Å². The largest absolute Gasteiger partial charge is 1.00 e. The fraction of sp³-hybridized carbons (Fsp3) is 0.222. The first-order chi connectivity index (χ1) is 11.1. The number of ether oxygens (including phenoxy) is 4. The quantitative estimate of drug-likeness (QED) is 0.617. The molecule has 2 aromatic rings. The third-order valence-electron chi connectivity index (χ3n) is 3.36. The summed E-state index contributed by atoms with van der Waals surface area (Å²) in [6.45, 7) is 0. The Labute approximate surface area is 164 Å². The molecule has 0 heterocycles. The predicted molar refractivity (Wildman–Crippen MR) is 89.7 cm³/mol. The van der Waals surface area contributed by atoms with Crippen molar-refractivity contribution in [2.75, 3.05) is 28.4 Å². The van der Waals surface area contributed by atoms with Crippen molar-refractivity contribution in [2.45, 2.75) is 0 Å². The molecule has 24 heavy (non-hydrogen) atoms. The summed E-state index contributed by atoms with van der Waals surface area (Å²) in [5.74, 6) is 2.26. The van der Waals surface area contributed by atoms with E-state index in [1.54, 1.807) is 33.5 Å². The molecule has 0 aliphatic carbocycles. The van der Waals surface area contributed by atoms with Gasteiger partial charge in [0.05, 0.1) is 28.4 Å². The van der Waals surface area contributed by atoms with Crippen LogP contribution in [0.2, 0.25) is 0 Å². The smallest absolute Gasteiger partial charge is 0.504 e. The molecular weight excluding hydrogens is 319 g/mol. The zero-order valence-electron chi connectivity index (χ0n) is 14.6. The molecule has 0 saturated carbocycles. The van der Waals surface area contributed by atoms with E-state index in [0.29, 0.717) is 23.0 Å². The third kappa shape index (κ3) is 4.60. The van der Waals surface area contributed by atoms with Gasteiger partial charge in [-0.3, -0.25) is 0 Å². The summed E-state index contributed by atoms with van der Waals surface area (Å²) in [7, 11) is 6.23. The molecule has 2 aromatic carbocycles. The van der Waals surface area contributed by atoms with Crippen LogP contribution in [0.25, 0.3) is 12.2 Å². The molecular formula is C18H20NaO5+. The summed E-state index contributed by atoms with van der Waals surface area (Å²) in [5, 5.41) is 9.81. The maximum atomic E-state index is 9.81. The molecule has 0 unspecified atom stereocenters. The van der Waals surface area contributed by atoms with Crippen LogP contribution in [-0.4, -0.2) is 33.5 Å². The average Bonchev–Trinajstić information content (AvgIpc) is 2.58. The Balaban J connectivity index is 0.00000288. The molecule has 0 fully saturated rings. The second-order valence-corrected chi connectivity index (χ2v) is 4.72. The molecule has 2 rings (SSSR count). The minimum atomic E-state index is 0.